The number of amides is 1. The van der Waals surface area contributed by atoms with E-state index in [1.54, 1.807) is 18.2 Å². The lowest BCUT2D eigenvalue weighted by Gasteiger charge is -2.19. The summed E-state index contributed by atoms with van der Waals surface area (Å²) in [6.45, 7) is 5.80. The molecular weight excluding hydrogens is 277 g/mol. The van der Waals surface area contributed by atoms with Crippen LogP contribution < -0.4 is 10.8 Å². The number of hydrogen-bond donors (Lipinski definition) is 2. The van der Waals surface area contributed by atoms with Gasteiger partial charge in [-0.3, -0.25) is 4.79 Å². The van der Waals surface area contributed by atoms with Crippen molar-refractivity contribution in [1.29, 1.82) is 0 Å². The second-order valence-corrected chi connectivity index (χ2v) is 6.10. The molecule has 1 heterocycles. The molecule has 1 aliphatic rings. The van der Waals surface area contributed by atoms with Crippen molar-refractivity contribution in [2.75, 3.05) is 5.32 Å². The van der Waals surface area contributed by atoms with Gasteiger partial charge < -0.3 is 15.0 Å². The van der Waals surface area contributed by atoms with Gasteiger partial charge in [0.15, 0.2) is 0 Å². The van der Waals surface area contributed by atoms with Crippen molar-refractivity contribution in [3.63, 3.8) is 0 Å². The van der Waals surface area contributed by atoms with E-state index < -0.39 is 12.7 Å². The summed E-state index contributed by atoms with van der Waals surface area (Å²) in [6, 6.07) is 12.9. The van der Waals surface area contributed by atoms with Gasteiger partial charge in [-0.1, -0.05) is 23.8 Å². The van der Waals surface area contributed by atoms with E-state index in [9.17, 15) is 9.82 Å². The summed E-state index contributed by atoms with van der Waals surface area (Å²) < 4.78 is 5.52. The van der Waals surface area contributed by atoms with Crippen LogP contribution in [0.5, 0.6) is 0 Å². The van der Waals surface area contributed by atoms with Gasteiger partial charge in [0.1, 0.15) is 0 Å². The molecule has 0 saturated carbocycles. The smallest absolute Gasteiger partial charge is 0.423 e. The van der Waals surface area contributed by atoms with E-state index in [0.717, 1.165) is 11.1 Å². The van der Waals surface area contributed by atoms with Gasteiger partial charge in [0.25, 0.3) is 5.91 Å². The minimum atomic E-state index is -0.957. The highest BCUT2D eigenvalue weighted by Gasteiger charge is 2.40. The fraction of sp³-hybridized carbons (Fsp3) is 0.235. The van der Waals surface area contributed by atoms with E-state index >= 15 is 0 Å². The third-order valence-corrected chi connectivity index (χ3v) is 3.94. The van der Waals surface area contributed by atoms with E-state index in [-0.39, 0.29) is 5.91 Å². The minimum absolute atomic E-state index is 0.174. The molecule has 0 saturated heterocycles. The zero-order chi connectivity index (χ0) is 15.9. The van der Waals surface area contributed by atoms with E-state index in [4.69, 9.17) is 4.65 Å². The van der Waals surface area contributed by atoms with Crippen LogP contribution in [0.4, 0.5) is 5.69 Å². The summed E-state index contributed by atoms with van der Waals surface area (Å²) in [5.41, 5.74) is 3.47. The number of anilines is 1. The molecule has 0 spiro atoms. The second kappa shape index (κ2) is 5.27. The van der Waals surface area contributed by atoms with Crippen LogP contribution in [0.2, 0.25) is 0 Å². The van der Waals surface area contributed by atoms with Gasteiger partial charge in [0.05, 0.1) is 5.60 Å². The molecule has 2 N–H and O–H groups in total. The van der Waals surface area contributed by atoms with Crippen LogP contribution in [0.1, 0.15) is 35.3 Å². The zero-order valence-corrected chi connectivity index (χ0v) is 12.9. The number of fused-ring (bicyclic) bond motifs is 1. The maximum Gasteiger partial charge on any atom is 0.492 e. The molecule has 22 heavy (non-hydrogen) atoms. The fourth-order valence-electron chi connectivity index (χ4n) is 2.71. The Hall–Kier alpha value is -2.11. The quantitative estimate of drug-likeness (QED) is 0.835. The van der Waals surface area contributed by atoms with E-state index in [2.05, 4.69) is 5.32 Å². The topological polar surface area (TPSA) is 58.6 Å². The average Bonchev–Trinajstić information content (AvgIpc) is 2.69. The Morgan fingerprint density at radius 1 is 1.18 bits per heavy atom. The third kappa shape index (κ3) is 2.65. The molecule has 2 aromatic rings. The van der Waals surface area contributed by atoms with E-state index in [0.29, 0.717) is 16.7 Å². The summed E-state index contributed by atoms with van der Waals surface area (Å²) in [5, 5.41) is 12.8. The van der Waals surface area contributed by atoms with Gasteiger partial charge >= 0.3 is 7.12 Å². The number of carbonyl (C=O) groups is 1. The van der Waals surface area contributed by atoms with Crippen LogP contribution in [0.15, 0.2) is 42.5 Å². The summed E-state index contributed by atoms with van der Waals surface area (Å²) >= 11 is 0. The second-order valence-electron chi connectivity index (χ2n) is 6.10. The largest absolute Gasteiger partial charge is 0.492 e. The number of rotatable bonds is 2. The van der Waals surface area contributed by atoms with Gasteiger partial charge in [-0.2, -0.15) is 0 Å². The third-order valence-electron chi connectivity index (χ3n) is 3.94. The summed E-state index contributed by atoms with van der Waals surface area (Å²) in [6.07, 6.45) is 0. The van der Waals surface area contributed by atoms with Crippen LogP contribution in [0, 0.1) is 6.92 Å². The first-order valence-corrected chi connectivity index (χ1v) is 7.25. The number of carbonyl (C=O) groups excluding carboxylic acids is 1. The monoisotopic (exact) mass is 295 g/mol. The molecule has 1 amide bonds. The molecule has 0 atom stereocenters. The predicted molar refractivity (Wildman–Crippen MR) is 87.3 cm³/mol. The molecule has 0 aliphatic carbocycles. The first-order chi connectivity index (χ1) is 10.4. The highest BCUT2D eigenvalue weighted by atomic mass is 16.5. The van der Waals surface area contributed by atoms with E-state index in [1.807, 2.05) is 45.0 Å². The summed E-state index contributed by atoms with van der Waals surface area (Å²) in [4.78, 5) is 12.2. The van der Waals surface area contributed by atoms with Crippen molar-refractivity contribution in [1.82, 2.24) is 0 Å². The maximum atomic E-state index is 12.2. The van der Waals surface area contributed by atoms with Crippen molar-refractivity contribution < 1.29 is 14.5 Å². The Morgan fingerprint density at radius 3 is 2.55 bits per heavy atom. The van der Waals surface area contributed by atoms with Crippen LogP contribution in [0.25, 0.3) is 0 Å². The molecule has 1 aliphatic heterocycles. The molecule has 3 rings (SSSR count). The lowest BCUT2D eigenvalue weighted by molar-refractivity contribution is 0.101. The number of benzene rings is 2. The predicted octanol–water partition coefficient (Wildman–Crippen LogP) is 2.20. The normalized spacial score (nSPS) is 15.5. The fourth-order valence-corrected chi connectivity index (χ4v) is 2.71. The molecule has 2 aromatic carbocycles. The van der Waals surface area contributed by atoms with Crippen LogP contribution in [-0.4, -0.2) is 18.0 Å². The molecule has 0 unspecified atom stereocenters. The Labute approximate surface area is 130 Å². The Morgan fingerprint density at radius 2 is 1.86 bits per heavy atom. The van der Waals surface area contributed by atoms with Crippen LogP contribution >= 0.6 is 0 Å². The lowest BCUT2D eigenvalue weighted by atomic mass is 9.78. The molecule has 5 heteroatoms. The highest BCUT2D eigenvalue weighted by molar-refractivity contribution is 6.62. The van der Waals surface area contributed by atoms with Crippen molar-refractivity contribution in [3.05, 3.63) is 59.2 Å². The van der Waals surface area contributed by atoms with Crippen molar-refractivity contribution >= 4 is 24.2 Å². The van der Waals surface area contributed by atoms with E-state index in [1.165, 1.54) is 0 Å². The van der Waals surface area contributed by atoms with Crippen LogP contribution in [0.3, 0.4) is 0 Å². The van der Waals surface area contributed by atoms with Crippen LogP contribution in [-0.2, 0) is 10.3 Å². The Kier molecular flexibility index (Phi) is 3.55. The highest BCUT2D eigenvalue weighted by Crippen LogP contribution is 2.30. The molecule has 4 nitrogen and oxygen atoms in total. The first kappa shape index (κ1) is 14.8. The van der Waals surface area contributed by atoms with Crippen molar-refractivity contribution in [2.45, 2.75) is 26.4 Å². The maximum absolute atomic E-state index is 12.2. The lowest BCUT2D eigenvalue weighted by Crippen LogP contribution is -2.29. The molecule has 0 fully saturated rings. The van der Waals surface area contributed by atoms with Gasteiger partial charge in [0, 0.05) is 11.3 Å². The number of nitrogens with one attached hydrogen (secondary N) is 1. The van der Waals surface area contributed by atoms with Gasteiger partial charge in [-0.25, -0.2) is 0 Å². The summed E-state index contributed by atoms with van der Waals surface area (Å²) in [7, 11) is -0.957. The average molecular weight is 295 g/mol. The van der Waals surface area contributed by atoms with Gasteiger partial charge in [-0.15, -0.1) is 0 Å². The Bertz CT molecular complexity index is 725. The number of hydrogen-bond acceptors (Lipinski definition) is 3. The van der Waals surface area contributed by atoms with Gasteiger partial charge in [0.2, 0.25) is 0 Å². The standard InChI is InChI=1S/C17H18BNO3/c1-11-4-6-12(7-5-11)16(20)19-13-8-9-14-15(10-13)18(21)22-17(14,2)3/h4-10,21H,1-3H3,(H,19,20). The molecule has 0 radical (unpaired) electrons. The Balaban J connectivity index is 1.84. The zero-order valence-electron chi connectivity index (χ0n) is 12.9. The molecule has 0 aromatic heterocycles. The van der Waals surface area contributed by atoms with Crippen molar-refractivity contribution in [2.24, 2.45) is 0 Å². The minimum Gasteiger partial charge on any atom is -0.423 e. The number of aryl methyl sites for hydroxylation is 1. The SMILES string of the molecule is Cc1ccc(C(=O)Nc2ccc3c(c2)B(O)OC3(C)C)cc1. The molecule has 112 valence electrons. The summed E-state index contributed by atoms with van der Waals surface area (Å²) in [5.74, 6) is -0.174. The van der Waals surface area contributed by atoms with Crippen molar-refractivity contribution in [3.8, 4) is 0 Å². The first-order valence-electron chi connectivity index (χ1n) is 7.25. The molecular formula is C17H18BNO3. The van der Waals surface area contributed by atoms with Gasteiger partial charge in [-0.05, 0) is 56.1 Å². The molecule has 0 bridgehead atoms.